The first-order valence-electron chi connectivity index (χ1n) is 10.8. The number of ether oxygens (including phenoxy) is 2. The molecule has 0 aliphatic carbocycles. The van der Waals surface area contributed by atoms with Crippen molar-refractivity contribution < 1.29 is 55.1 Å². The zero-order chi connectivity index (χ0) is 27.4. The second kappa shape index (κ2) is 13.9. The molecular weight excluding hydrogens is 476 g/mol. The van der Waals surface area contributed by atoms with Crippen molar-refractivity contribution >= 4 is 5.97 Å². The van der Waals surface area contributed by atoms with Gasteiger partial charge in [0, 0.05) is 17.7 Å². The van der Waals surface area contributed by atoms with Gasteiger partial charge in [0.05, 0.1) is 19.3 Å². The lowest BCUT2D eigenvalue weighted by Crippen LogP contribution is -2.07. The SMILES string of the molecule is CC.COC(=O)c1cc(O)c(O)c(O)c1.Oc1cc(O)c2c(c1)OCCC2.Oc1cccc(O)c1O. The lowest BCUT2D eigenvalue weighted by molar-refractivity contribution is 0.0599. The van der Waals surface area contributed by atoms with Crippen LogP contribution >= 0.6 is 0 Å². The van der Waals surface area contributed by atoms with Gasteiger partial charge in [-0.1, -0.05) is 19.9 Å². The molecule has 8 N–H and O–H groups in total. The minimum Gasteiger partial charge on any atom is -0.508 e. The molecule has 0 saturated carbocycles. The number of phenols is 8. The first-order valence-corrected chi connectivity index (χ1v) is 10.8. The fourth-order valence-electron chi connectivity index (χ4n) is 2.79. The summed E-state index contributed by atoms with van der Waals surface area (Å²) in [6.07, 6.45) is 1.74. The van der Waals surface area contributed by atoms with Crippen LogP contribution in [0.5, 0.6) is 51.7 Å². The van der Waals surface area contributed by atoms with E-state index in [0.717, 1.165) is 30.5 Å². The maximum atomic E-state index is 10.9. The molecule has 0 spiro atoms. The van der Waals surface area contributed by atoms with Gasteiger partial charge in [0.2, 0.25) is 0 Å². The number of methoxy groups -OCH3 is 1. The van der Waals surface area contributed by atoms with Crippen molar-refractivity contribution in [3.05, 3.63) is 53.6 Å². The molecule has 1 aliphatic heterocycles. The summed E-state index contributed by atoms with van der Waals surface area (Å²) in [6, 6.07) is 8.89. The Bertz CT molecular complexity index is 1120. The molecule has 0 unspecified atom stereocenters. The monoisotopic (exact) mass is 506 g/mol. The topological polar surface area (TPSA) is 197 Å². The summed E-state index contributed by atoms with van der Waals surface area (Å²) in [6.45, 7) is 4.66. The Labute approximate surface area is 207 Å². The molecule has 0 fully saturated rings. The number of para-hydroxylation sites is 1. The highest BCUT2D eigenvalue weighted by Crippen LogP contribution is 2.36. The summed E-state index contributed by atoms with van der Waals surface area (Å²) in [7, 11) is 1.17. The number of fused-ring (bicyclic) bond motifs is 1. The molecule has 11 nitrogen and oxygen atoms in total. The number of hydrogen-bond acceptors (Lipinski definition) is 11. The Balaban J connectivity index is 0.000000265. The van der Waals surface area contributed by atoms with Gasteiger partial charge in [-0.25, -0.2) is 4.79 Å². The number of carbonyl (C=O) groups excluding carboxylic acids is 1. The molecule has 4 rings (SSSR count). The van der Waals surface area contributed by atoms with Crippen LogP contribution in [0.2, 0.25) is 0 Å². The summed E-state index contributed by atoms with van der Waals surface area (Å²) in [5.41, 5.74) is 0.773. The quantitative estimate of drug-likeness (QED) is 0.176. The highest BCUT2D eigenvalue weighted by atomic mass is 16.5. The molecule has 1 aliphatic rings. The van der Waals surface area contributed by atoms with E-state index in [1.807, 2.05) is 13.8 Å². The summed E-state index contributed by atoms with van der Waals surface area (Å²) in [5, 5.41) is 71.6. The fraction of sp³-hybridized carbons (Fsp3) is 0.240. The van der Waals surface area contributed by atoms with Crippen molar-refractivity contribution in [2.75, 3.05) is 13.7 Å². The van der Waals surface area contributed by atoms with Gasteiger partial charge in [0.15, 0.2) is 34.5 Å². The van der Waals surface area contributed by atoms with E-state index in [1.54, 1.807) is 0 Å². The fourth-order valence-corrected chi connectivity index (χ4v) is 2.79. The molecule has 0 saturated heterocycles. The summed E-state index contributed by atoms with van der Waals surface area (Å²) in [5.74, 6) is -2.81. The molecule has 0 aromatic heterocycles. The third-order valence-electron chi connectivity index (χ3n) is 4.48. The number of benzene rings is 3. The Morgan fingerprint density at radius 3 is 1.81 bits per heavy atom. The third kappa shape index (κ3) is 7.97. The second-order valence-electron chi connectivity index (χ2n) is 6.89. The number of esters is 1. The zero-order valence-corrected chi connectivity index (χ0v) is 20.0. The Hall–Kier alpha value is -4.67. The van der Waals surface area contributed by atoms with Crippen LogP contribution in [0.3, 0.4) is 0 Å². The molecular formula is C25H30O11. The molecule has 0 atom stereocenters. The number of carbonyl (C=O) groups is 1. The summed E-state index contributed by atoms with van der Waals surface area (Å²) >= 11 is 0. The predicted molar refractivity (Wildman–Crippen MR) is 129 cm³/mol. The molecule has 36 heavy (non-hydrogen) atoms. The van der Waals surface area contributed by atoms with Crippen LogP contribution < -0.4 is 4.74 Å². The van der Waals surface area contributed by atoms with Crippen LogP contribution in [0.15, 0.2) is 42.5 Å². The van der Waals surface area contributed by atoms with E-state index in [9.17, 15) is 9.90 Å². The number of phenolic OH excluding ortho intramolecular Hbond substituents is 8. The number of aromatic hydroxyl groups is 8. The van der Waals surface area contributed by atoms with Crippen molar-refractivity contribution in [2.24, 2.45) is 0 Å². The van der Waals surface area contributed by atoms with E-state index in [0.29, 0.717) is 12.4 Å². The summed E-state index contributed by atoms with van der Waals surface area (Å²) in [4.78, 5) is 10.9. The van der Waals surface area contributed by atoms with Gasteiger partial charge in [-0.3, -0.25) is 0 Å². The van der Waals surface area contributed by atoms with Gasteiger partial charge in [-0.2, -0.15) is 0 Å². The highest BCUT2D eigenvalue weighted by Gasteiger charge is 2.15. The van der Waals surface area contributed by atoms with Gasteiger partial charge in [-0.05, 0) is 37.1 Å². The Kier molecular flexibility index (Phi) is 11.3. The van der Waals surface area contributed by atoms with Crippen LogP contribution in [0.25, 0.3) is 0 Å². The first kappa shape index (κ1) is 29.4. The van der Waals surface area contributed by atoms with Crippen molar-refractivity contribution in [3.8, 4) is 51.7 Å². The summed E-state index contributed by atoms with van der Waals surface area (Å²) < 4.78 is 9.61. The normalized spacial score (nSPS) is 11.0. The zero-order valence-electron chi connectivity index (χ0n) is 20.0. The molecule has 0 radical (unpaired) electrons. The van der Waals surface area contributed by atoms with E-state index >= 15 is 0 Å². The van der Waals surface area contributed by atoms with Gasteiger partial charge in [-0.15, -0.1) is 0 Å². The van der Waals surface area contributed by atoms with Crippen LogP contribution in [-0.4, -0.2) is 60.5 Å². The van der Waals surface area contributed by atoms with Crippen molar-refractivity contribution in [2.45, 2.75) is 26.7 Å². The largest absolute Gasteiger partial charge is 0.508 e. The van der Waals surface area contributed by atoms with Crippen LogP contribution in [0.1, 0.15) is 36.2 Å². The predicted octanol–water partition coefficient (Wildman–Crippen LogP) is 3.84. The van der Waals surface area contributed by atoms with Crippen LogP contribution in [0, 0.1) is 0 Å². The molecule has 0 amide bonds. The first-order chi connectivity index (χ1) is 17.0. The third-order valence-corrected chi connectivity index (χ3v) is 4.48. The maximum absolute atomic E-state index is 10.9. The average Bonchev–Trinajstić information content (AvgIpc) is 2.87. The second-order valence-corrected chi connectivity index (χ2v) is 6.89. The van der Waals surface area contributed by atoms with Crippen LogP contribution in [-0.2, 0) is 11.2 Å². The van der Waals surface area contributed by atoms with Crippen molar-refractivity contribution in [1.82, 2.24) is 0 Å². The molecule has 0 bridgehead atoms. The van der Waals surface area contributed by atoms with Gasteiger partial charge >= 0.3 is 5.97 Å². The van der Waals surface area contributed by atoms with Gasteiger partial charge < -0.3 is 50.3 Å². The van der Waals surface area contributed by atoms with E-state index in [4.69, 9.17) is 40.5 Å². The Morgan fingerprint density at radius 2 is 1.31 bits per heavy atom. The molecule has 3 aromatic carbocycles. The standard InChI is InChI=1S/C9H10O3.C8H8O5.C6H6O3.C2H6/c10-6-4-8(11)7-2-1-3-12-9(7)5-6;1-13-8(12)4-2-5(9)7(11)6(10)3-4;7-4-2-1-3-5(8)6(4)9;1-2/h4-5,10-11H,1-3H2;2-3,9-11H,1H3;1-3,7-9H;1-2H3. The van der Waals surface area contributed by atoms with E-state index in [2.05, 4.69) is 4.74 Å². The lowest BCUT2D eigenvalue weighted by atomic mass is 10.1. The van der Waals surface area contributed by atoms with Crippen molar-refractivity contribution in [3.63, 3.8) is 0 Å². The molecule has 196 valence electrons. The number of rotatable bonds is 1. The minimum atomic E-state index is -0.703. The van der Waals surface area contributed by atoms with E-state index in [-0.39, 0.29) is 28.6 Å². The van der Waals surface area contributed by atoms with Crippen molar-refractivity contribution in [1.29, 1.82) is 0 Å². The molecule has 1 heterocycles. The molecule has 3 aromatic rings. The van der Waals surface area contributed by atoms with Gasteiger partial charge in [0.1, 0.15) is 17.2 Å². The Morgan fingerprint density at radius 1 is 0.778 bits per heavy atom. The van der Waals surface area contributed by atoms with Gasteiger partial charge in [0.25, 0.3) is 0 Å². The average molecular weight is 507 g/mol. The maximum Gasteiger partial charge on any atom is 0.338 e. The molecule has 11 heteroatoms. The lowest BCUT2D eigenvalue weighted by Gasteiger charge is -2.17. The van der Waals surface area contributed by atoms with Crippen LogP contribution in [0.4, 0.5) is 0 Å². The minimum absolute atomic E-state index is 0.0321. The smallest absolute Gasteiger partial charge is 0.338 e. The van der Waals surface area contributed by atoms with E-state index < -0.39 is 29.0 Å². The van der Waals surface area contributed by atoms with E-state index in [1.165, 1.54) is 37.4 Å². The number of hydrogen-bond donors (Lipinski definition) is 8. The highest BCUT2D eigenvalue weighted by molar-refractivity contribution is 5.90.